The predicted octanol–water partition coefficient (Wildman–Crippen LogP) is 3.77. The van der Waals surface area contributed by atoms with Gasteiger partial charge in [-0.2, -0.15) is 0 Å². The minimum absolute atomic E-state index is 0.0272. The van der Waals surface area contributed by atoms with Crippen molar-refractivity contribution in [3.63, 3.8) is 0 Å². The molecule has 1 fully saturated rings. The number of halogens is 1. The number of nitrogens with zero attached hydrogens (tertiary/aromatic N) is 1. The number of hydrogen-bond acceptors (Lipinski definition) is 4. The summed E-state index contributed by atoms with van der Waals surface area (Å²) in [4.78, 5) is 27.2. The zero-order valence-corrected chi connectivity index (χ0v) is 19.7. The van der Waals surface area contributed by atoms with Crippen molar-refractivity contribution in [2.24, 2.45) is 11.8 Å². The lowest BCUT2D eigenvalue weighted by atomic mass is 9.96. The summed E-state index contributed by atoms with van der Waals surface area (Å²) in [6.45, 7) is 5.59. The van der Waals surface area contributed by atoms with Crippen molar-refractivity contribution in [3.8, 4) is 0 Å². The van der Waals surface area contributed by atoms with Crippen molar-refractivity contribution in [2.45, 2.75) is 31.6 Å². The quantitative estimate of drug-likeness (QED) is 0.634. The van der Waals surface area contributed by atoms with E-state index in [0.717, 1.165) is 12.8 Å². The molecule has 0 radical (unpaired) electrons. The highest BCUT2D eigenvalue weighted by atomic mass is 35.5. The van der Waals surface area contributed by atoms with Gasteiger partial charge in [-0.25, -0.2) is 8.42 Å². The number of hydrogen-bond donors (Lipinski definition) is 2. The van der Waals surface area contributed by atoms with Crippen LogP contribution in [0, 0.1) is 11.8 Å². The zero-order valence-electron chi connectivity index (χ0n) is 18.2. The summed E-state index contributed by atoms with van der Waals surface area (Å²) in [5.74, 6) is -0.128. The lowest BCUT2D eigenvalue weighted by Gasteiger charge is -2.32. The Kier molecular flexibility index (Phi) is 7.79. The van der Waals surface area contributed by atoms with Gasteiger partial charge in [-0.05, 0) is 61.2 Å². The van der Waals surface area contributed by atoms with Gasteiger partial charge in [0.25, 0.3) is 15.9 Å². The molecule has 3 rings (SSSR count). The van der Waals surface area contributed by atoms with Crippen molar-refractivity contribution < 1.29 is 18.0 Å². The molecule has 1 aliphatic heterocycles. The average molecular weight is 478 g/mol. The van der Waals surface area contributed by atoms with Crippen LogP contribution >= 0.6 is 11.6 Å². The Morgan fingerprint density at radius 2 is 1.88 bits per heavy atom. The molecule has 2 aromatic rings. The van der Waals surface area contributed by atoms with Crippen LogP contribution in [0.15, 0.2) is 53.4 Å². The Balaban J connectivity index is 1.69. The van der Waals surface area contributed by atoms with Gasteiger partial charge in [0.2, 0.25) is 5.91 Å². The molecule has 0 aliphatic carbocycles. The van der Waals surface area contributed by atoms with E-state index in [0.29, 0.717) is 36.1 Å². The van der Waals surface area contributed by atoms with Crippen molar-refractivity contribution >= 4 is 39.1 Å². The highest BCUT2D eigenvalue weighted by Crippen LogP contribution is 2.22. The van der Waals surface area contributed by atoms with E-state index in [9.17, 15) is 18.0 Å². The van der Waals surface area contributed by atoms with Crippen LogP contribution in [0.3, 0.4) is 0 Å². The fraction of sp³-hybridized carbons (Fsp3) is 0.391. The number of amides is 2. The smallest absolute Gasteiger partial charge is 0.261 e. The molecular weight excluding hydrogens is 450 g/mol. The van der Waals surface area contributed by atoms with Crippen LogP contribution in [-0.2, 0) is 14.8 Å². The second kappa shape index (κ2) is 10.4. The number of anilines is 1. The molecule has 2 N–H and O–H groups in total. The van der Waals surface area contributed by atoms with Crippen LogP contribution in [0.1, 0.15) is 37.0 Å². The summed E-state index contributed by atoms with van der Waals surface area (Å²) >= 11 is 5.83. The normalized spacial score (nSPS) is 16.6. The van der Waals surface area contributed by atoms with Gasteiger partial charge < -0.3 is 10.2 Å². The molecule has 1 heterocycles. The van der Waals surface area contributed by atoms with E-state index in [1.165, 1.54) is 30.3 Å². The van der Waals surface area contributed by atoms with Gasteiger partial charge in [-0.3, -0.25) is 14.3 Å². The molecule has 32 heavy (non-hydrogen) atoms. The predicted molar refractivity (Wildman–Crippen MR) is 125 cm³/mol. The molecule has 0 bridgehead atoms. The Labute approximate surface area is 194 Å². The number of nitrogens with one attached hydrogen (secondary N) is 2. The molecule has 2 aromatic carbocycles. The number of sulfonamides is 1. The van der Waals surface area contributed by atoms with Crippen molar-refractivity contribution in [1.29, 1.82) is 0 Å². The summed E-state index contributed by atoms with van der Waals surface area (Å²) in [7, 11) is -3.82. The summed E-state index contributed by atoms with van der Waals surface area (Å²) in [5, 5.41) is 3.38. The first-order valence-corrected chi connectivity index (χ1v) is 12.5. The number of benzene rings is 2. The van der Waals surface area contributed by atoms with Crippen LogP contribution in [-0.4, -0.2) is 44.8 Å². The van der Waals surface area contributed by atoms with Crippen molar-refractivity contribution in [2.75, 3.05) is 24.4 Å². The maximum atomic E-state index is 13.1. The van der Waals surface area contributed by atoms with E-state index in [2.05, 4.69) is 10.0 Å². The molecule has 0 unspecified atom stereocenters. The van der Waals surface area contributed by atoms with Gasteiger partial charge >= 0.3 is 0 Å². The maximum Gasteiger partial charge on any atom is 0.261 e. The van der Waals surface area contributed by atoms with Crippen molar-refractivity contribution in [1.82, 2.24) is 10.2 Å². The van der Waals surface area contributed by atoms with E-state index < -0.39 is 10.0 Å². The SMILES string of the molecule is CC(C)CNC(=O)[C@H]1CCCN(C(=O)c2cccc(NS(=O)(=O)c3ccc(Cl)cc3)c2)C1. The summed E-state index contributed by atoms with van der Waals surface area (Å²) in [5.41, 5.74) is 0.651. The van der Waals surface area contributed by atoms with Crippen LogP contribution in [0.2, 0.25) is 5.02 Å². The molecule has 0 spiro atoms. The van der Waals surface area contributed by atoms with Crippen molar-refractivity contribution in [3.05, 3.63) is 59.1 Å². The number of likely N-dealkylation sites (tertiary alicyclic amines) is 1. The topological polar surface area (TPSA) is 95.6 Å². The van der Waals surface area contributed by atoms with Gasteiger partial charge in [0.1, 0.15) is 0 Å². The third kappa shape index (κ3) is 6.23. The number of carbonyl (C=O) groups excluding carboxylic acids is 2. The van der Waals surface area contributed by atoms with E-state index in [-0.39, 0.29) is 28.3 Å². The lowest BCUT2D eigenvalue weighted by molar-refractivity contribution is -0.126. The molecule has 9 heteroatoms. The van der Waals surface area contributed by atoms with Crippen LogP contribution < -0.4 is 10.0 Å². The molecule has 0 saturated carbocycles. The average Bonchev–Trinajstić information content (AvgIpc) is 2.77. The summed E-state index contributed by atoms with van der Waals surface area (Å²) in [6, 6.07) is 12.2. The van der Waals surface area contributed by atoms with Gasteiger partial charge in [0.05, 0.1) is 10.8 Å². The molecular formula is C23H28ClN3O4S. The summed E-state index contributed by atoms with van der Waals surface area (Å²) < 4.78 is 27.8. The third-order valence-corrected chi connectivity index (χ3v) is 6.90. The second-order valence-corrected chi connectivity index (χ2v) is 10.5. The minimum Gasteiger partial charge on any atom is -0.356 e. The van der Waals surface area contributed by atoms with Crippen LogP contribution in [0.4, 0.5) is 5.69 Å². The van der Waals surface area contributed by atoms with E-state index in [1.54, 1.807) is 23.1 Å². The fourth-order valence-electron chi connectivity index (χ4n) is 3.55. The highest BCUT2D eigenvalue weighted by molar-refractivity contribution is 7.92. The Hall–Kier alpha value is -2.58. The number of rotatable bonds is 7. The van der Waals surface area contributed by atoms with E-state index in [1.807, 2.05) is 13.8 Å². The third-order valence-electron chi connectivity index (χ3n) is 5.25. The summed E-state index contributed by atoms with van der Waals surface area (Å²) in [6.07, 6.45) is 1.49. The van der Waals surface area contributed by atoms with Gasteiger partial charge in [0, 0.05) is 35.9 Å². The first kappa shape index (κ1) is 24.1. The van der Waals surface area contributed by atoms with Crippen LogP contribution in [0.5, 0.6) is 0 Å². The van der Waals surface area contributed by atoms with Gasteiger partial charge in [-0.15, -0.1) is 0 Å². The molecule has 7 nitrogen and oxygen atoms in total. The van der Waals surface area contributed by atoms with Crippen LogP contribution in [0.25, 0.3) is 0 Å². The standard InChI is InChI=1S/C23H28ClN3O4S/c1-16(2)14-25-22(28)18-6-4-12-27(15-18)23(29)17-5-3-7-20(13-17)26-32(30,31)21-10-8-19(24)9-11-21/h3,5,7-11,13,16,18,26H,4,6,12,14-15H2,1-2H3,(H,25,28)/t18-/m0/s1. The van der Waals surface area contributed by atoms with E-state index >= 15 is 0 Å². The fourth-order valence-corrected chi connectivity index (χ4v) is 4.73. The Morgan fingerprint density at radius 3 is 2.56 bits per heavy atom. The van der Waals surface area contributed by atoms with Gasteiger partial charge in [0.15, 0.2) is 0 Å². The largest absolute Gasteiger partial charge is 0.356 e. The molecule has 2 amide bonds. The maximum absolute atomic E-state index is 13.1. The number of piperidine rings is 1. The minimum atomic E-state index is -3.82. The Bertz CT molecular complexity index is 1070. The molecule has 172 valence electrons. The number of carbonyl (C=O) groups is 2. The molecule has 1 atom stereocenters. The Morgan fingerprint density at radius 1 is 1.16 bits per heavy atom. The van der Waals surface area contributed by atoms with E-state index in [4.69, 9.17) is 11.6 Å². The molecule has 0 aromatic heterocycles. The first-order valence-electron chi connectivity index (χ1n) is 10.6. The van der Waals surface area contributed by atoms with Gasteiger partial charge in [-0.1, -0.05) is 31.5 Å². The first-order chi connectivity index (χ1) is 15.2. The highest BCUT2D eigenvalue weighted by Gasteiger charge is 2.29. The molecule has 1 saturated heterocycles. The second-order valence-electron chi connectivity index (χ2n) is 8.37. The monoisotopic (exact) mass is 477 g/mol. The molecule has 1 aliphatic rings. The lowest BCUT2D eigenvalue weighted by Crippen LogP contribution is -2.46. The zero-order chi connectivity index (χ0) is 23.3.